The smallest absolute Gasteiger partial charge is 0.0707 e. The van der Waals surface area contributed by atoms with Crippen LogP contribution in [0.25, 0.3) is 0 Å². The third-order valence-electron chi connectivity index (χ3n) is 2.50. The monoisotopic (exact) mass is 196 g/mol. The first-order chi connectivity index (χ1) is 6.76. The molecule has 0 aromatic heterocycles. The van der Waals surface area contributed by atoms with E-state index in [4.69, 9.17) is 11.2 Å². The summed E-state index contributed by atoms with van der Waals surface area (Å²) in [7, 11) is 4.00. The summed E-state index contributed by atoms with van der Waals surface area (Å²) >= 11 is 0. The Morgan fingerprint density at radius 3 is 2.86 bits per heavy atom. The van der Waals surface area contributed by atoms with E-state index in [9.17, 15) is 0 Å². The van der Waals surface area contributed by atoms with Crippen molar-refractivity contribution in [1.29, 1.82) is 0 Å². The van der Waals surface area contributed by atoms with E-state index in [0.29, 0.717) is 18.8 Å². The van der Waals surface area contributed by atoms with Crippen LogP contribution in [-0.2, 0) is 4.74 Å². The van der Waals surface area contributed by atoms with Crippen LogP contribution in [0.2, 0.25) is 0 Å². The van der Waals surface area contributed by atoms with Gasteiger partial charge in [-0.25, -0.2) is 0 Å². The van der Waals surface area contributed by atoms with Gasteiger partial charge in [-0.15, -0.1) is 6.42 Å². The van der Waals surface area contributed by atoms with Gasteiger partial charge in [0.2, 0.25) is 0 Å². The summed E-state index contributed by atoms with van der Waals surface area (Å²) in [6, 6.07) is 0. The molecule has 14 heavy (non-hydrogen) atoms. The topological polar surface area (TPSA) is 24.5 Å². The van der Waals surface area contributed by atoms with Crippen LogP contribution in [-0.4, -0.2) is 50.8 Å². The Bertz CT molecular complexity index is 200. The van der Waals surface area contributed by atoms with Crippen LogP contribution in [0.3, 0.4) is 0 Å². The number of hydrogen-bond acceptors (Lipinski definition) is 3. The lowest BCUT2D eigenvalue weighted by atomic mass is 10.2. The lowest BCUT2D eigenvalue weighted by Gasteiger charge is -2.19. The highest BCUT2D eigenvalue weighted by atomic mass is 16.5. The fraction of sp³-hybridized carbons (Fsp3) is 0.818. The zero-order chi connectivity index (χ0) is 10.4. The minimum atomic E-state index is 0.367. The van der Waals surface area contributed by atoms with E-state index >= 15 is 0 Å². The molecule has 1 aliphatic rings. The number of hydrogen-bond donors (Lipinski definition) is 1. The molecule has 0 aliphatic carbocycles. The molecule has 80 valence electrons. The number of terminal acetylenes is 1. The van der Waals surface area contributed by atoms with Crippen molar-refractivity contribution in [2.24, 2.45) is 0 Å². The molecule has 3 nitrogen and oxygen atoms in total. The van der Waals surface area contributed by atoms with E-state index in [2.05, 4.69) is 16.1 Å². The summed E-state index contributed by atoms with van der Waals surface area (Å²) < 4.78 is 5.85. The van der Waals surface area contributed by atoms with Gasteiger partial charge in [-0.2, -0.15) is 0 Å². The molecule has 0 aromatic carbocycles. The zero-order valence-electron chi connectivity index (χ0n) is 9.12. The molecule has 0 aromatic rings. The number of ether oxygens (including phenoxy) is 1. The van der Waals surface area contributed by atoms with Gasteiger partial charge in [0.25, 0.3) is 0 Å². The van der Waals surface area contributed by atoms with Crippen molar-refractivity contribution < 1.29 is 4.74 Å². The quantitative estimate of drug-likeness (QED) is 0.641. The molecule has 2 unspecified atom stereocenters. The molecule has 1 fully saturated rings. The maximum absolute atomic E-state index is 5.85. The normalized spacial score (nSPS) is 26.7. The largest absolute Gasteiger partial charge is 0.372 e. The van der Waals surface area contributed by atoms with E-state index < -0.39 is 0 Å². The number of nitrogens with one attached hydrogen (secondary N) is 1. The van der Waals surface area contributed by atoms with Crippen molar-refractivity contribution in [3.05, 3.63) is 0 Å². The molecule has 1 aliphatic heterocycles. The number of nitrogens with zero attached hydrogens (tertiary/aromatic N) is 1. The highest BCUT2D eigenvalue weighted by molar-refractivity contribution is 4.88. The van der Waals surface area contributed by atoms with Crippen molar-refractivity contribution in [1.82, 2.24) is 10.2 Å². The van der Waals surface area contributed by atoms with Gasteiger partial charge in [-0.05, 0) is 26.9 Å². The molecular weight excluding hydrogens is 176 g/mol. The van der Waals surface area contributed by atoms with Crippen LogP contribution in [0.5, 0.6) is 0 Å². The molecule has 1 saturated heterocycles. The van der Waals surface area contributed by atoms with E-state index in [1.54, 1.807) is 0 Å². The molecule has 1 heterocycles. The van der Waals surface area contributed by atoms with Crippen molar-refractivity contribution in [2.45, 2.75) is 25.0 Å². The van der Waals surface area contributed by atoms with Gasteiger partial charge < -0.3 is 10.1 Å². The third-order valence-corrected chi connectivity index (χ3v) is 2.50. The predicted molar refractivity (Wildman–Crippen MR) is 58.2 cm³/mol. The summed E-state index contributed by atoms with van der Waals surface area (Å²) in [5.41, 5.74) is 0. The van der Waals surface area contributed by atoms with Crippen LogP contribution in [0.1, 0.15) is 12.8 Å². The van der Waals surface area contributed by atoms with Crippen LogP contribution in [0.15, 0.2) is 0 Å². The van der Waals surface area contributed by atoms with Crippen molar-refractivity contribution in [3.8, 4) is 12.3 Å². The molecule has 0 amide bonds. The van der Waals surface area contributed by atoms with Gasteiger partial charge in [0.15, 0.2) is 0 Å². The minimum Gasteiger partial charge on any atom is -0.372 e. The average Bonchev–Trinajstić information content (AvgIpc) is 2.53. The van der Waals surface area contributed by atoms with Crippen LogP contribution < -0.4 is 5.32 Å². The molecule has 2 atom stereocenters. The molecule has 0 spiro atoms. The van der Waals surface area contributed by atoms with E-state index in [-0.39, 0.29) is 0 Å². The van der Waals surface area contributed by atoms with Gasteiger partial charge in [-0.1, -0.05) is 5.92 Å². The Labute approximate surface area is 86.8 Å². The molecular formula is C11H20N2O. The van der Waals surface area contributed by atoms with Gasteiger partial charge in [-0.3, -0.25) is 4.90 Å². The van der Waals surface area contributed by atoms with Crippen molar-refractivity contribution >= 4 is 0 Å². The summed E-state index contributed by atoms with van der Waals surface area (Å²) in [4.78, 5) is 2.13. The Morgan fingerprint density at radius 1 is 1.50 bits per heavy atom. The van der Waals surface area contributed by atoms with Gasteiger partial charge in [0.1, 0.15) is 0 Å². The van der Waals surface area contributed by atoms with Crippen molar-refractivity contribution in [2.75, 3.05) is 33.7 Å². The summed E-state index contributed by atoms with van der Waals surface area (Å²) in [6.07, 6.45) is 8.31. The van der Waals surface area contributed by atoms with E-state index in [1.807, 2.05) is 14.1 Å². The Hall–Kier alpha value is -0.560. The fourth-order valence-corrected chi connectivity index (χ4v) is 1.86. The highest BCUT2D eigenvalue weighted by Crippen LogP contribution is 2.19. The Morgan fingerprint density at radius 2 is 2.21 bits per heavy atom. The summed E-state index contributed by atoms with van der Waals surface area (Å²) in [6.45, 7) is 2.61. The average molecular weight is 196 g/mol. The lowest BCUT2D eigenvalue weighted by Crippen LogP contribution is -2.31. The lowest BCUT2D eigenvalue weighted by molar-refractivity contribution is 0.0308. The number of likely N-dealkylation sites (N-methyl/N-ethyl adjacent to an activating group) is 2. The first kappa shape index (κ1) is 11.5. The van der Waals surface area contributed by atoms with Gasteiger partial charge >= 0.3 is 0 Å². The first-order valence-corrected chi connectivity index (χ1v) is 5.18. The fourth-order valence-electron chi connectivity index (χ4n) is 1.86. The maximum Gasteiger partial charge on any atom is 0.0707 e. The third kappa shape index (κ3) is 3.67. The summed E-state index contributed by atoms with van der Waals surface area (Å²) in [5, 5.41) is 3.14. The second kappa shape index (κ2) is 6.02. The van der Waals surface area contributed by atoms with Crippen LogP contribution >= 0.6 is 0 Å². The first-order valence-electron chi connectivity index (χ1n) is 5.18. The molecule has 3 heteroatoms. The van der Waals surface area contributed by atoms with Crippen LogP contribution in [0.4, 0.5) is 0 Å². The standard InChI is InChI=1S/C11H20N2O/c1-4-7-13(3)9-11-6-5-10(14-11)8-12-2/h1,10-12H,5-9H2,2-3H3. The second-order valence-corrected chi connectivity index (χ2v) is 3.92. The summed E-state index contributed by atoms with van der Waals surface area (Å²) in [5.74, 6) is 2.64. The molecule has 0 saturated carbocycles. The molecule has 0 bridgehead atoms. The second-order valence-electron chi connectivity index (χ2n) is 3.92. The van der Waals surface area contributed by atoms with Gasteiger partial charge in [0.05, 0.1) is 18.8 Å². The predicted octanol–water partition coefficient (Wildman–Crippen LogP) is 0.318. The molecule has 0 radical (unpaired) electrons. The van der Waals surface area contributed by atoms with Crippen molar-refractivity contribution in [3.63, 3.8) is 0 Å². The van der Waals surface area contributed by atoms with Gasteiger partial charge in [0, 0.05) is 13.1 Å². The van der Waals surface area contributed by atoms with E-state index in [1.165, 1.54) is 0 Å². The van der Waals surface area contributed by atoms with E-state index in [0.717, 1.165) is 25.9 Å². The minimum absolute atomic E-state index is 0.367. The Kier molecular flexibility index (Phi) is 4.95. The zero-order valence-corrected chi connectivity index (χ0v) is 9.12. The maximum atomic E-state index is 5.85. The van der Waals surface area contributed by atoms with Crippen LogP contribution in [0, 0.1) is 12.3 Å². The Balaban J connectivity index is 2.19. The molecule has 1 N–H and O–H groups in total. The molecule has 1 rings (SSSR count). The number of rotatable bonds is 5. The SMILES string of the molecule is C#CCN(C)CC1CCC(CNC)O1. The highest BCUT2D eigenvalue weighted by Gasteiger charge is 2.25.